The number of hydrogen-bond donors (Lipinski definition) is 1. The highest BCUT2D eigenvalue weighted by atomic mass is 32.2. The minimum absolute atomic E-state index is 0.497. The van der Waals surface area contributed by atoms with Crippen LogP contribution in [0.5, 0.6) is 0 Å². The molecule has 1 aliphatic rings. The van der Waals surface area contributed by atoms with Crippen LogP contribution in [0.3, 0.4) is 0 Å². The van der Waals surface area contributed by atoms with Crippen molar-refractivity contribution in [2.45, 2.75) is 46.2 Å². The van der Waals surface area contributed by atoms with Crippen LogP contribution in [-0.4, -0.2) is 23.0 Å². The van der Waals surface area contributed by atoms with Crippen LogP contribution in [0.15, 0.2) is 4.99 Å². The van der Waals surface area contributed by atoms with Crippen LogP contribution in [0.1, 0.15) is 34.1 Å². The molecule has 1 atom stereocenters. The van der Waals surface area contributed by atoms with Crippen molar-refractivity contribution in [3.8, 4) is 0 Å². The molecule has 0 saturated carbocycles. The van der Waals surface area contributed by atoms with Crippen molar-refractivity contribution in [2.24, 2.45) is 10.9 Å². The van der Waals surface area contributed by atoms with E-state index < -0.39 is 0 Å². The molecule has 13 heavy (non-hydrogen) atoms. The van der Waals surface area contributed by atoms with Crippen molar-refractivity contribution in [3.05, 3.63) is 0 Å². The van der Waals surface area contributed by atoms with E-state index >= 15 is 0 Å². The molecule has 0 saturated heterocycles. The molecule has 1 N–H and O–H groups in total. The van der Waals surface area contributed by atoms with Gasteiger partial charge < -0.3 is 5.32 Å². The Hall–Kier alpha value is -0.180. The quantitative estimate of drug-likeness (QED) is 0.740. The highest BCUT2D eigenvalue weighted by Gasteiger charge is 2.18. The highest BCUT2D eigenvalue weighted by Crippen LogP contribution is 2.21. The average molecular weight is 200 g/mol. The minimum Gasteiger partial charge on any atom is -0.363 e. The van der Waals surface area contributed by atoms with Gasteiger partial charge in [0.2, 0.25) is 0 Å². The molecule has 1 heterocycles. The SMILES string of the molecule is CC(C)NC1=NC(C(C)C)CCS1. The third-order valence-corrected chi connectivity index (χ3v) is 3.05. The van der Waals surface area contributed by atoms with Crippen LogP contribution >= 0.6 is 11.8 Å². The summed E-state index contributed by atoms with van der Waals surface area (Å²) in [5.74, 6) is 1.88. The van der Waals surface area contributed by atoms with E-state index in [2.05, 4.69) is 38.0 Å². The molecule has 0 bridgehead atoms. The number of thioether (sulfide) groups is 1. The molecular formula is C10H20N2S. The summed E-state index contributed by atoms with van der Waals surface area (Å²) in [4.78, 5) is 4.69. The first-order valence-corrected chi connectivity index (χ1v) is 6.05. The Kier molecular flexibility index (Phi) is 4.10. The smallest absolute Gasteiger partial charge is 0.157 e. The van der Waals surface area contributed by atoms with Crippen molar-refractivity contribution in [1.29, 1.82) is 0 Å². The van der Waals surface area contributed by atoms with E-state index in [0.29, 0.717) is 18.0 Å². The molecule has 0 fully saturated rings. The second-order valence-corrected chi connectivity index (χ2v) is 5.27. The summed E-state index contributed by atoms with van der Waals surface area (Å²) in [6.07, 6.45) is 1.23. The van der Waals surface area contributed by atoms with Gasteiger partial charge in [0.1, 0.15) is 0 Å². The Morgan fingerprint density at radius 1 is 1.38 bits per heavy atom. The van der Waals surface area contributed by atoms with Crippen molar-refractivity contribution in [3.63, 3.8) is 0 Å². The molecular weight excluding hydrogens is 180 g/mol. The largest absolute Gasteiger partial charge is 0.363 e. The maximum absolute atomic E-state index is 4.69. The van der Waals surface area contributed by atoms with Gasteiger partial charge in [-0.2, -0.15) is 0 Å². The molecule has 1 rings (SSSR count). The molecule has 0 radical (unpaired) electrons. The standard InChI is InChI=1S/C10H20N2S/c1-7(2)9-5-6-13-10(12-9)11-8(3)4/h7-9H,5-6H2,1-4H3,(H,11,12). The predicted molar refractivity (Wildman–Crippen MR) is 61.4 cm³/mol. The summed E-state index contributed by atoms with van der Waals surface area (Å²) < 4.78 is 0. The molecule has 0 amide bonds. The van der Waals surface area contributed by atoms with Gasteiger partial charge in [0.15, 0.2) is 5.17 Å². The van der Waals surface area contributed by atoms with E-state index in [9.17, 15) is 0 Å². The van der Waals surface area contributed by atoms with Gasteiger partial charge in [0.25, 0.3) is 0 Å². The lowest BCUT2D eigenvalue weighted by atomic mass is 10.0. The van der Waals surface area contributed by atoms with Crippen LogP contribution in [-0.2, 0) is 0 Å². The van der Waals surface area contributed by atoms with Gasteiger partial charge in [-0.25, -0.2) is 0 Å². The van der Waals surface area contributed by atoms with Crippen LogP contribution in [0, 0.1) is 5.92 Å². The third-order valence-electron chi connectivity index (χ3n) is 2.12. The first-order chi connectivity index (χ1) is 6.09. The zero-order valence-electron chi connectivity index (χ0n) is 9.00. The molecule has 1 unspecified atom stereocenters. The maximum atomic E-state index is 4.69. The van der Waals surface area contributed by atoms with E-state index in [1.54, 1.807) is 0 Å². The average Bonchev–Trinajstić information content (AvgIpc) is 2.03. The molecule has 0 aliphatic carbocycles. The number of amidine groups is 1. The van der Waals surface area contributed by atoms with E-state index in [-0.39, 0.29) is 0 Å². The predicted octanol–water partition coefficient (Wildman–Crippen LogP) is 2.50. The lowest BCUT2D eigenvalue weighted by molar-refractivity contribution is 0.482. The van der Waals surface area contributed by atoms with Crippen LogP contribution < -0.4 is 5.32 Å². The molecule has 76 valence electrons. The van der Waals surface area contributed by atoms with Gasteiger partial charge >= 0.3 is 0 Å². The van der Waals surface area contributed by atoms with Gasteiger partial charge in [-0.3, -0.25) is 4.99 Å². The second kappa shape index (κ2) is 4.89. The second-order valence-electron chi connectivity index (χ2n) is 4.18. The number of nitrogens with zero attached hydrogens (tertiary/aromatic N) is 1. The minimum atomic E-state index is 0.497. The number of nitrogens with one attached hydrogen (secondary N) is 1. The normalized spacial score (nSPS) is 23.5. The van der Waals surface area contributed by atoms with E-state index in [1.807, 2.05) is 11.8 Å². The Morgan fingerprint density at radius 3 is 2.62 bits per heavy atom. The van der Waals surface area contributed by atoms with Crippen molar-refractivity contribution in [2.75, 3.05) is 5.75 Å². The number of hydrogen-bond acceptors (Lipinski definition) is 3. The molecule has 3 heteroatoms. The summed E-state index contributed by atoms with van der Waals surface area (Å²) in [7, 11) is 0. The van der Waals surface area contributed by atoms with E-state index in [1.165, 1.54) is 12.2 Å². The summed E-state index contributed by atoms with van der Waals surface area (Å²) >= 11 is 1.85. The van der Waals surface area contributed by atoms with E-state index in [0.717, 1.165) is 5.17 Å². The Morgan fingerprint density at radius 2 is 2.08 bits per heavy atom. The fourth-order valence-electron chi connectivity index (χ4n) is 1.34. The maximum Gasteiger partial charge on any atom is 0.157 e. The van der Waals surface area contributed by atoms with Gasteiger partial charge in [-0.1, -0.05) is 25.6 Å². The Labute approximate surface area is 85.6 Å². The summed E-state index contributed by atoms with van der Waals surface area (Å²) in [6, 6.07) is 1.03. The van der Waals surface area contributed by atoms with Gasteiger partial charge in [0, 0.05) is 11.8 Å². The summed E-state index contributed by atoms with van der Waals surface area (Å²) in [5, 5.41) is 4.52. The zero-order chi connectivity index (χ0) is 9.84. The molecule has 0 spiro atoms. The van der Waals surface area contributed by atoms with Crippen molar-refractivity contribution >= 4 is 16.9 Å². The summed E-state index contributed by atoms with van der Waals surface area (Å²) in [6.45, 7) is 8.80. The Bertz CT molecular complexity index is 187. The lowest BCUT2D eigenvalue weighted by Crippen LogP contribution is -2.33. The van der Waals surface area contributed by atoms with Gasteiger partial charge in [-0.05, 0) is 26.2 Å². The number of rotatable bonds is 2. The molecule has 1 aliphatic heterocycles. The highest BCUT2D eigenvalue weighted by molar-refractivity contribution is 8.13. The molecule has 2 nitrogen and oxygen atoms in total. The first-order valence-electron chi connectivity index (χ1n) is 5.06. The fraction of sp³-hybridized carbons (Fsp3) is 0.900. The first kappa shape index (κ1) is 10.9. The molecule has 0 aromatic rings. The summed E-state index contributed by atoms with van der Waals surface area (Å²) in [5.41, 5.74) is 0. The van der Waals surface area contributed by atoms with Gasteiger partial charge in [0.05, 0.1) is 6.04 Å². The van der Waals surface area contributed by atoms with Crippen molar-refractivity contribution in [1.82, 2.24) is 5.32 Å². The van der Waals surface area contributed by atoms with Gasteiger partial charge in [-0.15, -0.1) is 0 Å². The van der Waals surface area contributed by atoms with Crippen LogP contribution in [0.4, 0.5) is 0 Å². The van der Waals surface area contributed by atoms with Crippen LogP contribution in [0.25, 0.3) is 0 Å². The monoisotopic (exact) mass is 200 g/mol. The topological polar surface area (TPSA) is 24.4 Å². The Balaban J connectivity index is 2.53. The lowest BCUT2D eigenvalue weighted by Gasteiger charge is -2.24. The van der Waals surface area contributed by atoms with Crippen LogP contribution in [0.2, 0.25) is 0 Å². The zero-order valence-corrected chi connectivity index (χ0v) is 9.82. The fourth-order valence-corrected chi connectivity index (χ4v) is 2.42. The van der Waals surface area contributed by atoms with E-state index in [4.69, 9.17) is 0 Å². The number of aliphatic imine (C=N–C) groups is 1. The molecule has 0 aromatic carbocycles. The molecule has 0 aromatic heterocycles. The van der Waals surface area contributed by atoms with Crippen molar-refractivity contribution < 1.29 is 0 Å². The third kappa shape index (κ3) is 3.59.